The zero-order valence-electron chi connectivity index (χ0n) is 12.7. The maximum atomic E-state index is 12.4. The summed E-state index contributed by atoms with van der Waals surface area (Å²) in [6, 6.07) is 6.63. The SMILES string of the molecule is CC(C)N(CC(=O)O)C(=O)c1ccc(-c2ncn(C)n2)cc1. The molecule has 0 saturated carbocycles. The van der Waals surface area contributed by atoms with Gasteiger partial charge in [0.15, 0.2) is 5.82 Å². The molecule has 0 saturated heterocycles. The number of aryl methyl sites for hydroxylation is 1. The summed E-state index contributed by atoms with van der Waals surface area (Å²) in [6.07, 6.45) is 1.60. The van der Waals surface area contributed by atoms with E-state index in [1.807, 2.05) is 0 Å². The molecule has 2 rings (SSSR count). The molecule has 1 aromatic heterocycles. The standard InChI is InChI=1S/C15H18N4O3/c1-10(2)19(8-13(20)21)15(22)12-6-4-11(5-7-12)14-16-9-18(3)17-14/h4-7,9-10H,8H2,1-3H3,(H,20,21). The maximum Gasteiger partial charge on any atom is 0.323 e. The summed E-state index contributed by atoms with van der Waals surface area (Å²) in [4.78, 5) is 28.7. The van der Waals surface area contributed by atoms with E-state index in [9.17, 15) is 9.59 Å². The second-order valence-electron chi connectivity index (χ2n) is 5.24. The lowest BCUT2D eigenvalue weighted by Crippen LogP contribution is -2.40. The summed E-state index contributed by atoms with van der Waals surface area (Å²) >= 11 is 0. The molecule has 116 valence electrons. The molecule has 0 radical (unpaired) electrons. The number of hydrogen-bond acceptors (Lipinski definition) is 4. The Bertz CT molecular complexity index is 676. The van der Waals surface area contributed by atoms with Crippen LogP contribution in [-0.2, 0) is 11.8 Å². The zero-order chi connectivity index (χ0) is 16.3. The number of benzene rings is 1. The first-order valence-electron chi connectivity index (χ1n) is 6.87. The number of rotatable bonds is 5. The number of carboxylic acid groups (broad SMARTS) is 1. The molecule has 1 N–H and O–H groups in total. The minimum atomic E-state index is -1.03. The third kappa shape index (κ3) is 3.49. The van der Waals surface area contributed by atoms with Gasteiger partial charge in [-0.2, -0.15) is 5.10 Å². The van der Waals surface area contributed by atoms with Gasteiger partial charge < -0.3 is 10.0 Å². The molecule has 7 heteroatoms. The molecule has 0 aliphatic heterocycles. The van der Waals surface area contributed by atoms with Crippen LogP contribution in [0.15, 0.2) is 30.6 Å². The molecule has 2 aromatic rings. The summed E-state index contributed by atoms with van der Waals surface area (Å²) < 4.78 is 1.60. The van der Waals surface area contributed by atoms with E-state index in [2.05, 4.69) is 10.1 Å². The van der Waals surface area contributed by atoms with Gasteiger partial charge in [-0.3, -0.25) is 14.3 Å². The van der Waals surface area contributed by atoms with Crippen LogP contribution >= 0.6 is 0 Å². The largest absolute Gasteiger partial charge is 0.480 e. The van der Waals surface area contributed by atoms with Gasteiger partial charge in [0.05, 0.1) is 0 Å². The molecular formula is C15H18N4O3. The van der Waals surface area contributed by atoms with Gasteiger partial charge in [-0.05, 0) is 26.0 Å². The first-order chi connectivity index (χ1) is 10.4. The first kappa shape index (κ1) is 15.7. The van der Waals surface area contributed by atoms with Crippen molar-refractivity contribution in [1.82, 2.24) is 19.7 Å². The highest BCUT2D eigenvalue weighted by Crippen LogP contribution is 2.16. The normalized spacial score (nSPS) is 10.7. The summed E-state index contributed by atoms with van der Waals surface area (Å²) in [7, 11) is 1.78. The monoisotopic (exact) mass is 302 g/mol. The minimum absolute atomic E-state index is 0.194. The number of carboxylic acids is 1. The predicted octanol–water partition coefficient (Wildman–Crippen LogP) is 1.42. The lowest BCUT2D eigenvalue weighted by Gasteiger charge is -2.24. The Morgan fingerprint density at radius 1 is 1.27 bits per heavy atom. The molecule has 1 aromatic carbocycles. The van der Waals surface area contributed by atoms with E-state index in [4.69, 9.17) is 5.11 Å². The highest BCUT2D eigenvalue weighted by Gasteiger charge is 2.21. The van der Waals surface area contributed by atoms with Crippen LogP contribution in [0.2, 0.25) is 0 Å². The van der Waals surface area contributed by atoms with E-state index in [0.29, 0.717) is 11.4 Å². The minimum Gasteiger partial charge on any atom is -0.480 e. The molecule has 0 aliphatic carbocycles. The van der Waals surface area contributed by atoms with Crippen molar-refractivity contribution >= 4 is 11.9 Å². The number of carbonyl (C=O) groups is 2. The van der Waals surface area contributed by atoms with E-state index in [1.165, 1.54) is 4.90 Å². The van der Waals surface area contributed by atoms with Gasteiger partial charge in [-0.25, -0.2) is 4.98 Å². The fraction of sp³-hybridized carbons (Fsp3) is 0.333. The quantitative estimate of drug-likeness (QED) is 0.902. The Morgan fingerprint density at radius 3 is 2.36 bits per heavy atom. The van der Waals surface area contributed by atoms with E-state index >= 15 is 0 Å². The number of nitrogens with zero attached hydrogens (tertiary/aromatic N) is 4. The number of carbonyl (C=O) groups excluding carboxylic acids is 1. The van der Waals surface area contributed by atoms with Crippen LogP contribution in [-0.4, -0.2) is 49.2 Å². The van der Waals surface area contributed by atoms with Crippen molar-refractivity contribution in [2.45, 2.75) is 19.9 Å². The Balaban J connectivity index is 2.21. The third-order valence-electron chi connectivity index (χ3n) is 3.18. The van der Waals surface area contributed by atoms with E-state index in [1.54, 1.807) is 56.2 Å². The van der Waals surface area contributed by atoms with Crippen LogP contribution in [0.4, 0.5) is 0 Å². The van der Waals surface area contributed by atoms with Gasteiger partial charge in [0.2, 0.25) is 0 Å². The Hall–Kier alpha value is -2.70. The van der Waals surface area contributed by atoms with Crippen LogP contribution in [0.3, 0.4) is 0 Å². The second kappa shape index (κ2) is 6.38. The third-order valence-corrected chi connectivity index (χ3v) is 3.18. The number of aliphatic carboxylic acids is 1. The predicted molar refractivity (Wildman–Crippen MR) is 80.2 cm³/mol. The van der Waals surface area contributed by atoms with Gasteiger partial charge in [0.25, 0.3) is 5.91 Å². The summed E-state index contributed by atoms with van der Waals surface area (Å²) in [5, 5.41) is 13.1. The van der Waals surface area contributed by atoms with Crippen LogP contribution < -0.4 is 0 Å². The molecule has 22 heavy (non-hydrogen) atoms. The van der Waals surface area contributed by atoms with Crippen LogP contribution in [0.5, 0.6) is 0 Å². The number of aromatic nitrogens is 3. The Kier molecular flexibility index (Phi) is 4.55. The van der Waals surface area contributed by atoms with Crippen LogP contribution in [0.25, 0.3) is 11.4 Å². The summed E-state index contributed by atoms with van der Waals surface area (Å²) in [6.45, 7) is 3.25. The highest BCUT2D eigenvalue weighted by molar-refractivity contribution is 5.96. The van der Waals surface area contributed by atoms with E-state index in [0.717, 1.165) is 5.56 Å². The number of hydrogen-bond donors (Lipinski definition) is 1. The molecule has 1 amide bonds. The molecule has 0 aliphatic rings. The molecule has 0 atom stereocenters. The van der Waals surface area contributed by atoms with E-state index in [-0.39, 0.29) is 18.5 Å². The summed E-state index contributed by atoms with van der Waals surface area (Å²) in [5.41, 5.74) is 1.24. The number of amides is 1. The molecule has 0 fully saturated rings. The van der Waals surface area contributed by atoms with Crippen molar-refractivity contribution in [1.29, 1.82) is 0 Å². The van der Waals surface area contributed by atoms with Gasteiger partial charge >= 0.3 is 5.97 Å². The second-order valence-corrected chi connectivity index (χ2v) is 5.24. The topological polar surface area (TPSA) is 88.3 Å². The Morgan fingerprint density at radius 2 is 1.91 bits per heavy atom. The molecule has 0 spiro atoms. The fourth-order valence-electron chi connectivity index (χ4n) is 2.03. The van der Waals surface area contributed by atoms with Crippen molar-refractivity contribution in [3.63, 3.8) is 0 Å². The Labute approximate surface area is 128 Å². The van der Waals surface area contributed by atoms with Gasteiger partial charge in [0.1, 0.15) is 12.9 Å². The van der Waals surface area contributed by atoms with Gasteiger partial charge in [-0.1, -0.05) is 12.1 Å². The van der Waals surface area contributed by atoms with Crippen LogP contribution in [0.1, 0.15) is 24.2 Å². The lowest BCUT2D eigenvalue weighted by molar-refractivity contribution is -0.138. The van der Waals surface area contributed by atoms with Gasteiger partial charge in [0, 0.05) is 24.2 Å². The van der Waals surface area contributed by atoms with Crippen LogP contribution in [0, 0.1) is 0 Å². The average molecular weight is 302 g/mol. The highest BCUT2D eigenvalue weighted by atomic mass is 16.4. The smallest absolute Gasteiger partial charge is 0.323 e. The zero-order valence-corrected chi connectivity index (χ0v) is 12.7. The lowest BCUT2D eigenvalue weighted by atomic mass is 10.1. The summed E-state index contributed by atoms with van der Waals surface area (Å²) in [5.74, 6) is -0.762. The van der Waals surface area contributed by atoms with Crippen molar-refractivity contribution in [3.05, 3.63) is 36.2 Å². The fourth-order valence-corrected chi connectivity index (χ4v) is 2.03. The van der Waals surface area contributed by atoms with Crippen molar-refractivity contribution in [2.75, 3.05) is 6.54 Å². The van der Waals surface area contributed by atoms with E-state index < -0.39 is 5.97 Å². The molecular weight excluding hydrogens is 284 g/mol. The molecule has 0 bridgehead atoms. The molecule has 7 nitrogen and oxygen atoms in total. The van der Waals surface area contributed by atoms with Gasteiger partial charge in [-0.15, -0.1) is 0 Å². The van der Waals surface area contributed by atoms with Crippen molar-refractivity contribution < 1.29 is 14.7 Å². The first-order valence-corrected chi connectivity index (χ1v) is 6.87. The molecule has 0 unspecified atom stereocenters. The molecule has 1 heterocycles. The van der Waals surface area contributed by atoms with Crippen molar-refractivity contribution in [3.8, 4) is 11.4 Å². The average Bonchev–Trinajstić information content (AvgIpc) is 2.90. The maximum absolute atomic E-state index is 12.4. The van der Waals surface area contributed by atoms with Crippen molar-refractivity contribution in [2.24, 2.45) is 7.05 Å².